The summed E-state index contributed by atoms with van der Waals surface area (Å²) in [6.07, 6.45) is 3.44. The lowest BCUT2D eigenvalue weighted by atomic mass is 10.0. The number of ether oxygens (including phenoxy) is 1. The van der Waals surface area contributed by atoms with Crippen LogP contribution < -0.4 is 4.74 Å². The van der Waals surface area contributed by atoms with Crippen molar-refractivity contribution in [3.63, 3.8) is 0 Å². The van der Waals surface area contributed by atoms with Gasteiger partial charge in [0.15, 0.2) is 6.61 Å². The van der Waals surface area contributed by atoms with E-state index >= 15 is 0 Å². The Kier molecular flexibility index (Phi) is 5.05. The van der Waals surface area contributed by atoms with Crippen molar-refractivity contribution >= 4 is 5.91 Å². The minimum Gasteiger partial charge on any atom is -0.484 e. The molecular formula is C17H25NO2. The maximum atomic E-state index is 12.2. The van der Waals surface area contributed by atoms with Gasteiger partial charge in [0, 0.05) is 12.6 Å². The summed E-state index contributed by atoms with van der Waals surface area (Å²) in [5.41, 5.74) is 1.29. The number of piperidine rings is 1. The SMILES string of the molecule is CC(C)c1ccc(OCC(=O)N2CCCCC2C)cc1. The molecule has 3 nitrogen and oxygen atoms in total. The third kappa shape index (κ3) is 3.75. The fraction of sp³-hybridized carbons (Fsp3) is 0.588. The molecule has 0 aromatic heterocycles. The van der Waals surface area contributed by atoms with E-state index < -0.39 is 0 Å². The molecule has 1 fully saturated rings. The molecule has 20 heavy (non-hydrogen) atoms. The molecule has 0 N–H and O–H groups in total. The molecule has 0 aliphatic carbocycles. The predicted octanol–water partition coefficient (Wildman–Crippen LogP) is 3.59. The number of nitrogens with zero attached hydrogens (tertiary/aromatic N) is 1. The first-order valence-electron chi connectivity index (χ1n) is 7.60. The topological polar surface area (TPSA) is 29.5 Å². The molecule has 2 rings (SSSR count). The summed E-state index contributed by atoms with van der Waals surface area (Å²) in [7, 11) is 0. The second kappa shape index (κ2) is 6.78. The van der Waals surface area contributed by atoms with Crippen LogP contribution >= 0.6 is 0 Å². The van der Waals surface area contributed by atoms with Crippen molar-refractivity contribution in [3.8, 4) is 5.75 Å². The first kappa shape index (κ1) is 14.9. The Morgan fingerprint density at radius 2 is 2.00 bits per heavy atom. The molecule has 0 spiro atoms. The highest BCUT2D eigenvalue weighted by molar-refractivity contribution is 5.78. The van der Waals surface area contributed by atoms with Gasteiger partial charge in [-0.05, 0) is 49.8 Å². The van der Waals surface area contributed by atoms with Crippen molar-refractivity contribution < 1.29 is 9.53 Å². The van der Waals surface area contributed by atoms with Crippen molar-refractivity contribution in [2.45, 2.75) is 52.0 Å². The summed E-state index contributed by atoms with van der Waals surface area (Å²) >= 11 is 0. The first-order valence-corrected chi connectivity index (χ1v) is 7.60. The molecule has 1 aromatic rings. The van der Waals surface area contributed by atoms with Gasteiger partial charge in [0.1, 0.15) is 5.75 Å². The molecule has 0 bridgehead atoms. The van der Waals surface area contributed by atoms with Crippen LogP contribution in [0, 0.1) is 0 Å². The van der Waals surface area contributed by atoms with E-state index in [-0.39, 0.29) is 12.5 Å². The fourth-order valence-electron chi connectivity index (χ4n) is 2.65. The van der Waals surface area contributed by atoms with Crippen LogP contribution in [0.5, 0.6) is 5.75 Å². The number of hydrogen-bond acceptors (Lipinski definition) is 2. The molecular weight excluding hydrogens is 250 g/mol. The van der Waals surface area contributed by atoms with Crippen LogP contribution in [-0.2, 0) is 4.79 Å². The first-order chi connectivity index (χ1) is 9.58. The highest BCUT2D eigenvalue weighted by Crippen LogP contribution is 2.19. The zero-order valence-electron chi connectivity index (χ0n) is 12.8. The van der Waals surface area contributed by atoms with Gasteiger partial charge in [0.05, 0.1) is 0 Å². The third-order valence-corrected chi connectivity index (χ3v) is 4.03. The standard InChI is InChI=1S/C17H25NO2/c1-13(2)15-7-9-16(10-8-15)20-12-17(19)18-11-5-4-6-14(18)3/h7-10,13-14H,4-6,11-12H2,1-3H3. The van der Waals surface area contributed by atoms with Gasteiger partial charge in [-0.3, -0.25) is 4.79 Å². The van der Waals surface area contributed by atoms with Gasteiger partial charge >= 0.3 is 0 Å². The van der Waals surface area contributed by atoms with Crippen LogP contribution in [0.2, 0.25) is 0 Å². The average Bonchev–Trinajstić information content (AvgIpc) is 2.45. The largest absolute Gasteiger partial charge is 0.484 e. The van der Waals surface area contributed by atoms with E-state index in [1.54, 1.807) is 0 Å². The van der Waals surface area contributed by atoms with Crippen LogP contribution in [0.25, 0.3) is 0 Å². The normalized spacial score (nSPS) is 19.2. The molecule has 110 valence electrons. The van der Waals surface area contributed by atoms with Crippen molar-refractivity contribution in [1.82, 2.24) is 4.90 Å². The van der Waals surface area contributed by atoms with Crippen LogP contribution in [0.4, 0.5) is 0 Å². The maximum Gasteiger partial charge on any atom is 0.260 e. The van der Waals surface area contributed by atoms with Crippen LogP contribution in [-0.4, -0.2) is 30.0 Å². The van der Waals surface area contributed by atoms with Gasteiger partial charge in [-0.2, -0.15) is 0 Å². The van der Waals surface area contributed by atoms with Crippen LogP contribution in [0.3, 0.4) is 0 Å². The Morgan fingerprint density at radius 1 is 1.30 bits per heavy atom. The van der Waals surface area contributed by atoms with Crippen molar-refractivity contribution in [3.05, 3.63) is 29.8 Å². The highest BCUT2D eigenvalue weighted by atomic mass is 16.5. The number of amides is 1. The summed E-state index contributed by atoms with van der Waals surface area (Å²) in [5.74, 6) is 1.39. The molecule has 0 radical (unpaired) electrons. The molecule has 1 unspecified atom stereocenters. The van der Waals surface area contributed by atoms with Crippen LogP contribution in [0.1, 0.15) is 51.5 Å². The Bertz CT molecular complexity index is 439. The zero-order valence-corrected chi connectivity index (χ0v) is 12.8. The quantitative estimate of drug-likeness (QED) is 0.840. The Balaban J connectivity index is 1.86. The smallest absolute Gasteiger partial charge is 0.260 e. The summed E-state index contributed by atoms with van der Waals surface area (Å²) in [4.78, 5) is 14.1. The molecule has 1 aliphatic rings. The predicted molar refractivity (Wildman–Crippen MR) is 81.1 cm³/mol. The van der Waals surface area contributed by atoms with Crippen LogP contribution in [0.15, 0.2) is 24.3 Å². The van der Waals surface area contributed by atoms with Crippen molar-refractivity contribution in [1.29, 1.82) is 0 Å². The Hall–Kier alpha value is -1.51. The lowest BCUT2D eigenvalue weighted by Crippen LogP contribution is -2.44. The molecule has 3 heteroatoms. The van der Waals surface area contributed by atoms with Gasteiger partial charge < -0.3 is 9.64 Å². The molecule has 1 atom stereocenters. The van der Waals surface area contributed by atoms with Gasteiger partial charge in [0.25, 0.3) is 5.91 Å². The molecule has 0 saturated carbocycles. The molecule has 1 amide bonds. The number of carbonyl (C=O) groups is 1. The van der Waals surface area contributed by atoms with Crippen molar-refractivity contribution in [2.24, 2.45) is 0 Å². The van der Waals surface area contributed by atoms with Crippen molar-refractivity contribution in [2.75, 3.05) is 13.2 Å². The highest BCUT2D eigenvalue weighted by Gasteiger charge is 2.23. The van der Waals surface area contributed by atoms with E-state index in [1.807, 2.05) is 17.0 Å². The molecule has 1 saturated heterocycles. The Labute approximate surface area is 121 Å². The van der Waals surface area contributed by atoms with Gasteiger partial charge in [-0.1, -0.05) is 26.0 Å². The maximum absolute atomic E-state index is 12.2. The lowest BCUT2D eigenvalue weighted by molar-refractivity contribution is -0.136. The van der Waals surface area contributed by atoms with Gasteiger partial charge in [-0.15, -0.1) is 0 Å². The number of likely N-dealkylation sites (tertiary alicyclic amines) is 1. The molecule has 1 heterocycles. The fourth-order valence-corrected chi connectivity index (χ4v) is 2.65. The second-order valence-electron chi connectivity index (χ2n) is 5.94. The summed E-state index contributed by atoms with van der Waals surface area (Å²) in [6.45, 7) is 7.46. The summed E-state index contributed by atoms with van der Waals surface area (Å²) in [5, 5.41) is 0. The molecule has 1 aliphatic heterocycles. The van der Waals surface area contributed by atoms with E-state index in [9.17, 15) is 4.79 Å². The molecule has 1 aromatic carbocycles. The Morgan fingerprint density at radius 3 is 2.60 bits per heavy atom. The monoisotopic (exact) mass is 275 g/mol. The van der Waals surface area contributed by atoms with E-state index in [0.29, 0.717) is 12.0 Å². The average molecular weight is 275 g/mol. The van der Waals surface area contributed by atoms with E-state index in [2.05, 4.69) is 32.9 Å². The third-order valence-electron chi connectivity index (χ3n) is 4.03. The van der Waals surface area contributed by atoms with Gasteiger partial charge in [0.2, 0.25) is 0 Å². The number of benzene rings is 1. The zero-order chi connectivity index (χ0) is 14.5. The minimum absolute atomic E-state index is 0.102. The second-order valence-corrected chi connectivity index (χ2v) is 5.94. The van der Waals surface area contributed by atoms with E-state index in [1.165, 1.54) is 12.0 Å². The summed E-state index contributed by atoms with van der Waals surface area (Å²) in [6, 6.07) is 8.37. The van der Waals surface area contributed by atoms with Gasteiger partial charge in [-0.25, -0.2) is 0 Å². The lowest BCUT2D eigenvalue weighted by Gasteiger charge is -2.33. The number of hydrogen-bond donors (Lipinski definition) is 0. The summed E-state index contributed by atoms with van der Waals surface area (Å²) < 4.78 is 5.61. The number of rotatable bonds is 4. The number of carbonyl (C=O) groups excluding carboxylic acids is 1. The minimum atomic E-state index is 0.102. The van der Waals surface area contributed by atoms with E-state index in [0.717, 1.165) is 25.1 Å². The van der Waals surface area contributed by atoms with E-state index in [4.69, 9.17) is 4.74 Å².